The summed E-state index contributed by atoms with van der Waals surface area (Å²) in [5.41, 5.74) is 0. The van der Waals surface area contributed by atoms with Crippen LogP contribution in [0.15, 0.2) is 0 Å². The molecule has 6 heteroatoms. The fraction of sp³-hybridized carbons (Fsp3) is 0.857. The van der Waals surface area contributed by atoms with E-state index in [2.05, 4.69) is 0 Å². The Morgan fingerprint density at radius 2 is 1.25 bits per heavy atom. The Kier molecular flexibility index (Phi) is 4.99. The Hall–Kier alpha value is -1.14. The highest BCUT2D eigenvalue weighted by atomic mass is 16.8. The first kappa shape index (κ1) is 15.3. The first-order valence-corrected chi connectivity index (χ1v) is 7.13. The Morgan fingerprint density at radius 3 is 1.65 bits per heavy atom. The van der Waals surface area contributed by atoms with Gasteiger partial charge in [0, 0.05) is 12.8 Å². The largest absolute Gasteiger partial charge is 0.467 e. The number of hydrogen-bond donors (Lipinski definition) is 0. The fourth-order valence-corrected chi connectivity index (χ4v) is 2.87. The highest BCUT2D eigenvalue weighted by Gasteiger charge is 2.54. The topological polar surface area (TPSA) is 71.1 Å². The molecule has 6 nitrogen and oxygen atoms in total. The molecule has 0 bridgehead atoms. The molecule has 0 unspecified atom stereocenters. The summed E-state index contributed by atoms with van der Waals surface area (Å²) in [6, 6.07) is 0. The maximum Gasteiger partial charge on any atom is 0.338 e. The molecule has 2 aliphatic rings. The van der Waals surface area contributed by atoms with Crippen molar-refractivity contribution in [2.24, 2.45) is 0 Å². The van der Waals surface area contributed by atoms with Crippen molar-refractivity contribution in [2.45, 2.75) is 62.9 Å². The van der Waals surface area contributed by atoms with Gasteiger partial charge in [0.25, 0.3) is 0 Å². The predicted octanol–water partition coefficient (Wildman–Crippen LogP) is 1.56. The quantitative estimate of drug-likeness (QED) is 0.717. The van der Waals surface area contributed by atoms with Gasteiger partial charge in [0.1, 0.15) is 0 Å². The lowest BCUT2D eigenvalue weighted by atomic mass is 9.96. The molecule has 1 aliphatic carbocycles. The number of ether oxygens (including phenoxy) is 4. The Balaban J connectivity index is 2.16. The fourth-order valence-electron chi connectivity index (χ4n) is 2.87. The van der Waals surface area contributed by atoms with Gasteiger partial charge in [0.15, 0.2) is 18.0 Å². The summed E-state index contributed by atoms with van der Waals surface area (Å²) in [7, 11) is 2.53. The van der Waals surface area contributed by atoms with E-state index in [4.69, 9.17) is 18.9 Å². The second-order valence-electron chi connectivity index (χ2n) is 5.30. The van der Waals surface area contributed by atoms with Crippen LogP contribution >= 0.6 is 0 Å². The third-order valence-electron chi connectivity index (χ3n) is 3.94. The first-order valence-electron chi connectivity index (χ1n) is 7.13. The molecule has 1 aliphatic heterocycles. The summed E-state index contributed by atoms with van der Waals surface area (Å²) in [5.74, 6) is -2.04. The number of esters is 2. The van der Waals surface area contributed by atoms with E-state index in [9.17, 15) is 9.59 Å². The zero-order valence-corrected chi connectivity index (χ0v) is 12.1. The zero-order chi connectivity index (χ0) is 14.6. The van der Waals surface area contributed by atoms with Crippen molar-refractivity contribution in [2.75, 3.05) is 14.2 Å². The predicted molar refractivity (Wildman–Crippen MR) is 68.8 cm³/mol. The van der Waals surface area contributed by atoms with E-state index in [1.54, 1.807) is 0 Å². The highest BCUT2D eigenvalue weighted by molar-refractivity contribution is 5.86. The van der Waals surface area contributed by atoms with E-state index >= 15 is 0 Å². The summed E-state index contributed by atoms with van der Waals surface area (Å²) < 4.78 is 21.0. The maximum absolute atomic E-state index is 11.8. The maximum atomic E-state index is 11.8. The van der Waals surface area contributed by atoms with Crippen molar-refractivity contribution in [1.29, 1.82) is 0 Å². The summed E-state index contributed by atoms with van der Waals surface area (Å²) in [6.07, 6.45) is 4.65. The average molecular weight is 286 g/mol. The van der Waals surface area contributed by atoms with Crippen LogP contribution in [-0.2, 0) is 28.5 Å². The van der Waals surface area contributed by atoms with Crippen LogP contribution in [0.4, 0.5) is 0 Å². The third kappa shape index (κ3) is 3.12. The van der Waals surface area contributed by atoms with Crippen molar-refractivity contribution in [3.8, 4) is 0 Å². The van der Waals surface area contributed by atoms with Crippen LogP contribution < -0.4 is 0 Å². The molecule has 0 radical (unpaired) electrons. The van der Waals surface area contributed by atoms with E-state index in [0.29, 0.717) is 12.8 Å². The minimum atomic E-state index is -1.04. The van der Waals surface area contributed by atoms with E-state index in [1.807, 2.05) is 0 Å². The van der Waals surface area contributed by atoms with Gasteiger partial charge in [0.2, 0.25) is 0 Å². The van der Waals surface area contributed by atoms with E-state index in [0.717, 1.165) is 25.7 Å². The molecule has 1 saturated heterocycles. The van der Waals surface area contributed by atoms with Gasteiger partial charge in [0.05, 0.1) is 14.2 Å². The minimum absolute atomic E-state index is 0.598. The second-order valence-corrected chi connectivity index (χ2v) is 5.30. The van der Waals surface area contributed by atoms with Crippen molar-refractivity contribution in [3.05, 3.63) is 0 Å². The number of methoxy groups -OCH3 is 2. The molecule has 0 aromatic carbocycles. The van der Waals surface area contributed by atoms with Crippen LogP contribution in [0.3, 0.4) is 0 Å². The molecule has 114 valence electrons. The van der Waals surface area contributed by atoms with Crippen molar-refractivity contribution >= 4 is 11.9 Å². The molecular formula is C14H22O6. The molecule has 20 heavy (non-hydrogen) atoms. The first-order chi connectivity index (χ1) is 9.62. The minimum Gasteiger partial charge on any atom is -0.467 e. The lowest BCUT2D eigenvalue weighted by Gasteiger charge is -2.29. The monoisotopic (exact) mass is 286 g/mol. The van der Waals surface area contributed by atoms with Crippen molar-refractivity contribution in [1.82, 2.24) is 0 Å². The third-order valence-corrected chi connectivity index (χ3v) is 3.94. The highest BCUT2D eigenvalue weighted by Crippen LogP contribution is 2.39. The number of carbonyl (C=O) groups is 2. The second kappa shape index (κ2) is 6.54. The summed E-state index contributed by atoms with van der Waals surface area (Å²) in [5, 5.41) is 0. The Morgan fingerprint density at radius 1 is 0.850 bits per heavy atom. The molecule has 2 fully saturated rings. The van der Waals surface area contributed by atoms with Gasteiger partial charge >= 0.3 is 11.9 Å². The molecule has 0 aromatic rings. The normalized spacial score (nSPS) is 29.5. The lowest BCUT2D eigenvalue weighted by Crippen LogP contribution is -2.38. The average Bonchev–Trinajstić information content (AvgIpc) is 2.82. The molecule has 2 atom stereocenters. The zero-order valence-electron chi connectivity index (χ0n) is 12.1. The molecule has 0 amide bonds. The smallest absolute Gasteiger partial charge is 0.338 e. The lowest BCUT2D eigenvalue weighted by molar-refractivity contribution is -0.197. The van der Waals surface area contributed by atoms with Crippen LogP contribution in [0.5, 0.6) is 0 Å². The Labute approximate surface area is 118 Å². The van der Waals surface area contributed by atoms with Crippen molar-refractivity contribution in [3.63, 3.8) is 0 Å². The number of hydrogen-bond acceptors (Lipinski definition) is 6. The molecule has 1 spiro atoms. The van der Waals surface area contributed by atoms with Gasteiger partial charge in [-0.1, -0.05) is 19.3 Å². The standard InChI is InChI=1S/C14H22O6/c1-17-12(15)10-11(13(16)18-2)20-14(19-10)8-6-4-3-5-7-9-14/h10-11H,3-9H2,1-2H3/t10-,11-/m1/s1. The molecule has 1 heterocycles. The molecular weight excluding hydrogens is 264 g/mol. The molecule has 2 rings (SSSR count). The Bertz CT molecular complexity index is 333. The van der Waals surface area contributed by atoms with Gasteiger partial charge in [-0.2, -0.15) is 0 Å². The SMILES string of the molecule is COC(=O)[C@@H]1OC2(CCCCCCC2)O[C@H]1C(=O)OC. The van der Waals surface area contributed by atoms with E-state index in [1.165, 1.54) is 20.6 Å². The van der Waals surface area contributed by atoms with Crippen LogP contribution in [-0.4, -0.2) is 44.2 Å². The van der Waals surface area contributed by atoms with Gasteiger partial charge in [-0.05, 0) is 12.8 Å². The van der Waals surface area contributed by atoms with Crippen LogP contribution in [0.1, 0.15) is 44.9 Å². The molecule has 0 N–H and O–H groups in total. The summed E-state index contributed by atoms with van der Waals surface area (Å²) >= 11 is 0. The summed E-state index contributed by atoms with van der Waals surface area (Å²) in [6.45, 7) is 0. The van der Waals surface area contributed by atoms with Crippen LogP contribution in [0, 0.1) is 0 Å². The summed E-state index contributed by atoms with van der Waals surface area (Å²) in [4.78, 5) is 23.6. The van der Waals surface area contributed by atoms with Gasteiger partial charge in [-0.25, -0.2) is 9.59 Å². The number of carbonyl (C=O) groups excluding carboxylic acids is 2. The van der Waals surface area contributed by atoms with Gasteiger partial charge < -0.3 is 18.9 Å². The number of rotatable bonds is 2. The van der Waals surface area contributed by atoms with E-state index < -0.39 is 29.9 Å². The molecule has 0 aromatic heterocycles. The van der Waals surface area contributed by atoms with Crippen LogP contribution in [0.2, 0.25) is 0 Å². The van der Waals surface area contributed by atoms with Gasteiger partial charge in [-0.15, -0.1) is 0 Å². The molecule has 1 saturated carbocycles. The van der Waals surface area contributed by atoms with Crippen LogP contribution in [0.25, 0.3) is 0 Å². The van der Waals surface area contributed by atoms with E-state index in [-0.39, 0.29) is 0 Å². The van der Waals surface area contributed by atoms with Crippen molar-refractivity contribution < 1.29 is 28.5 Å². The van der Waals surface area contributed by atoms with Gasteiger partial charge in [-0.3, -0.25) is 0 Å².